The second kappa shape index (κ2) is 5.66. The molecule has 0 saturated carbocycles. The summed E-state index contributed by atoms with van der Waals surface area (Å²) >= 11 is 5.69. The van der Waals surface area contributed by atoms with Gasteiger partial charge >= 0.3 is 5.97 Å². The third-order valence-electron chi connectivity index (χ3n) is 2.44. The van der Waals surface area contributed by atoms with E-state index in [1.54, 1.807) is 0 Å². The molecule has 2 rings (SSSR count). The molecule has 102 valence electrons. The Bertz CT molecular complexity index is 691. The van der Waals surface area contributed by atoms with E-state index in [1.165, 1.54) is 24.4 Å². The highest BCUT2D eigenvalue weighted by Crippen LogP contribution is 2.17. The molecule has 1 amide bonds. The van der Waals surface area contributed by atoms with Crippen molar-refractivity contribution in [3.05, 3.63) is 58.5 Å². The lowest BCUT2D eigenvalue weighted by molar-refractivity contribution is 0.0697. The summed E-state index contributed by atoms with van der Waals surface area (Å²) in [6.07, 6.45) is 1.32. The van der Waals surface area contributed by atoms with Crippen LogP contribution >= 0.6 is 11.6 Å². The molecule has 20 heavy (non-hydrogen) atoms. The SMILES string of the molecule is O=C(Nc1ncccc1C(=O)O)c1cc(Cl)ccc1F. The number of rotatable bonds is 3. The lowest BCUT2D eigenvalue weighted by Gasteiger charge is -2.08. The van der Waals surface area contributed by atoms with Gasteiger partial charge in [-0.3, -0.25) is 4.79 Å². The molecule has 5 nitrogen and oxygen atoms in total. The van der Waals surface area contributed by atoms with Crippen LogP contribution in [0, 0.1) is 5.82 Å². The van der Waals surface area contributed by atoms with Gasteiger partial charge in [0.25, 0.3) is 5.91 Å². The summed E-state index contributed by atoms with van der Waals surface area (Å²) in [5, 5.41) is 11.4. The van der Waals surface area contributed by atoms with Crippen LogP contribution in [0.1, 0.15) is 20.7 Å². The van der Waals surface area contributed by atoms with Crippen LogP contribution in [0.4, 0.5) is 10.2 Å². The molecule has 0 radical (unpaired) electrons. The fourth-order valence-electron chi connectivity index (χ4n) is 1.52. The van der Waals surface area contributed by atoms with E-state index in [-0.39, 0.29) is 22.0 Å². The van der Waals surface area contributed by atoms with Gasteiger partial charge in [-0.25, -0.2) is 14.2 Å². The molecule has 0 fully saturated rings. The molecule has 1 heterocycles. The monoisotopic (exact) mass is 294 g/mol. The van der Waals surface area contributed by atoms with E-state index in [1.807, 2.05) is 0 Å². The number of hydrogen-bond donors (Lipinski definition) is 2. The van der Waals surface area contributed by atoms with Crippen LogP contribution in [0.15, 0.2) is 36.5 Å². The first kappa shape index (κ1) is 14.0. The van der Waals surface area contributed by atoms with Gasteiger partial charge in [0, 0.05) is 11.2 Å². The van der Waals surface area contributed by atoms with E-state index in [0.717, 1.165) is 12.1 Å². The number of aromatic carboxylic acids is 1. The summed E-state index contributed by atoms with van der Waals surface area (Å²) in [6, 6.07) is 6.19. The molecule has 0 aliphatic rings. The van der Waals surface area contributed by atoms with Crippen molar-refractivity contribution in [3.63, 3.8) is 0 Å². The lowest BCUT2D eigenvalue weighted by Crippen LogP contribution is -2.17. The maximum Gasteiger partial charge on any atom is 0.339 e. The van der Waals surface area contributed by atoms with Gasteiger partial charge in [-0.2, -0.15) is 0 Å². The van der Waals surface area contributed by atoms with Gasteiger partial charge in [-0.15, -0.1) is 0 Å². The molecule has 0 bridgehead atoms. The molecule has 0 unspecified atom stereocenters. The van der Waals surface area contributed by atoms with Crippen molar-refractivity contribution in [3.8, 4) is 0 Å². The highest BCUT2D eigenvalue weighted by atomic mass is 35.5. The van der Waals surface area contributed by atoms with E-state index >= 15 is 0 Å². The molecule has 1 aromatic carbocycles. The molecular formula is C13H8ClFN2O3. The molecule has 2 N–H and O–H groups in total. The minimum atomic E-state index is -1.25. The van der Waals surface area contributed by atoms with E-state index in [4.69, 9.17) is 16.7 Å². The third-order valence-corrected chi connectivity index (χ3v) is 2.68. The molecule has 0 atom stereocenters. The van der Waals surface area contributed by atoms with Crippen LogP contribution in [0.5, 0.6) is 0 Å². The number of anilines is 1. The van der Waals surface area contributed by atoms with Crippen LogP contribution in [-0.4, -0.2) is 22.0 Å². The van der Waals surface area contributed by atoms with Crippen LogP contribution in [0.25, 0.3) is 0 Å². The number of carboxylic acid groups (broad SMARTS) is 1. The number of carbonyl (C=O) groups excluding carboxylic acids is 1. The number of nitrogens with zero attached hydrogens (tertiary/aromatic N) is 1. The predicted molar refractivity (Wildman–Crippen MR) is 70.6 cm³/mol. The molecular weight excluding hydrogens is 287 g/mol. The van der Waals surface area contributed by atoms with Crippen molar-refractivity contribution in [2.75, 3.05) is 5.32 Å². The second-order valence-electron chi connectivity index (χ2n) is 3.78. The quantitative estimate of drug-likeness (QED) is 0.912. The summed E-state index contributed by atoms with van der Waals surface area (Å²) in [5.41, 5.74) is -0.484. The largest absolute Gasteiger partial charge is 0.478 e. The van der Waals surface area contributed by atoms with Crippen LogP contribution < -0.4 is 5.32 Å². The summed E-state index contributed by atoms with van der Waals surface area (Å²) in [7, 11) is 0. The van der Waals surface area contributed by atoms with Crippen molar-refractivity contribution >= 4 is 29.3 Å². The van der Waals surface area contributed by atoms with Gasteiger partial charge in [0.2, 0.25) is 0 Å². The summed E-state index contributed by atoms with van der Waals surface area (Å²) in [6.45, 7) is 0. The number of halogens is 2. The maximum atomic E-state index is 13.5. The number of carbonyl (C=O) groups is 2. The molecule has 1 aromatic heterocycles. The molecule has 0 aliphatic heterocycles. The first-order chi connectivity index (χ1) is 9.49. The molecule has 2 aromatic rings. The fraction of sp³-hybridized carbons (Fsp3) is 0. The lowest BCUT2D eigenvalue weighted by atomic mass is 10.2. The second-order valence-corrected chi connectivity index (χ2v) is 4.22. The highest BCUT2D eigenvalue weighted by Gasteiger charge is 2.17. The van der Waals surface area contributed by atoms with Crippen LogP contribution in [0.3, 0.4) is 0 Å². The molecule has 0 aliphatic carbocycles. The standard InChI is InChI=1S/C13H8ClFN2O3/c14-7-3-4-10(15)9(6-7)12(18)17-11-8(13(19)20)2-1-5-16-11/h1-6H,(H,19,20)(H,16,17,18). The van der Waals surface area contributed by atoms with Crippen molar-refractivity contribution in [2.45, 2.75) is 0 Å². The zero-order valence-electron chi connectivity index (χ0n) is 9.93. The van der Waals surface area contributed by atoms with Crippen LogP contribution in [-0.2, 0) is 0 Å². The number of benzene rings is 1. The average molecular weight is 295 g/mol. The Morgan fingerprint density at radius 1 is 1.25 bits per heavy atom. The topological polar surface area (TPSA) is 79.3 Å². The van der Waals surface area contributed by atoms with Crippen molar-refractivity contribution in [1.29, 1.82) is 0 Å². The smallest absolute Gasteiger partial charge is 0.339 e. The van der Waals surface area contributed by atoms with E-state index < -0.39 is 17.7 Å². The predicted octanol–water partition coefficient (Wildman–Crippen LogP) is 2.82. The van der Waals surface area contributed by atoms with E-state index in [9.17, 15) is 14.0 Å². The number of amides is 1. The number of aromatic nitrogens is 1. The van der Waals surface area contributed by atoms with Crippen molar-refractivity contribution in [1.82, 2.24) is 4.98 Å². The van der Waals surface area contributed by atoms with Gasteiger partial charge < -0.3 is 10.4 Å². The normalized spacial score (nSPS) is 10.1. The fourth-order valence-corrected chi connectivity index (χ4v) is 1.70. The first-order valence-electron chi connectivity index (χ1n) is 5.44. The maximum absolute atomic E-state index is 13.5. The number of carboxylic acids is 1. The van der Waals surface area contributed by atoms with E-state index in [2.05, 4.69) is 10.3 Å². The Morgan fingerprint density at radius 3 is 2.70 bits per heavy atom. The Hall–Kier alpha value is -2.47. The van der Waals surface area contributed by atoms with Gasteiger partial charge in [0.15, 0.2) is 0 Å². The zero-order chi connectivity index (χ0) is 14.7. The van der Waals surface area contributed by atoms with Crippen molar-refractivity contribution in [2.24, 2.45) is 0 Å². The highest BCUT2D eigenvalue weighted by molar-refractivity contribution is 6.31. The Kier molecular flexibility index (Phi) is 3.95. The number of nitrogens with one attached hydrogen (secondary N) is 1. The van der Waals surface area contributed by atoms with Gasteiger partial charge in [0.05, 0.1) is 5.56 Å². The average Bonchev–Trinajstić information content (AvgIpc) is 2.41. The third kappa shape index (κ3) is 2.92. The molecule has 7 heteroatoms. The van der Waals surface area contributed by atoms with Gasteiger partial charge in [-0.1, -0.05) is 11.6 Å². The summed E-state index contributed by atoms with van der Waals surface area (Å²) in [4.78, 5) is 26.6. The Labute approximate surface area is 118 Å². The van der Waals surface area contributed by atoms with Crippen LogP contribution in [0.2, 0.25) is 5.02 Å². The number of hydrogen-bond acceptors (Lipinski definition) is 3. The molecule has 0 saturated heterocycles. The minimum Gasteiger partial charge on any atom is -0.478 e. The zero-order valence-corrected chi connectivity index (χ0v) is 10.7. The Morgan fingerprint density at radius 2 is 2.00 bits per heavy atom. The summed E-state index contributed by atoms with van der Waals surface area (Å²) < 4.78 is 13.5. The summed E-state index contributed by atoms with van der Waals surface area (Å²) in [5.74, 6) is -3.00. The number of pyridine rings is 1. The van der Waals surface area contributed by atoms with Crippen molar-refractivity contribution < 1.29 is 19.1 Å². The first-order valence-corrected chi connectivity index (χ1v) is 5.81. The van der Waals surface area contributed by atoms with E-state index in [0.29, 0.717) is 0 Å². The Balaban J connectivity index is 2.33. The minimum absolute atomic E-state index is 0.163. The van der Waals surface area contributed by atoms with Gasteiger partial charge in [0.1, 0.15) is 17.2 Å². The van der Waals surface area contributed by atoms with Gasteiger partial charge in [-0.05, 0) is 30.3 Å². The molecule has 0 spiro atoms.